The Kier molecular flexibility index (Phi) is 3.52. The lowest BCUT2D eigenvalue weighted by molar-refractivity contribution is -0.186. The molecule has 0 amide bonds. The van der Waals surface area contributed by atoms with Crippen LogP contribution in [-0.4, -0.2) is 45.3 Å². The van der Waals surface area contributed by atoms with Crippen molar-refractivity contribution in [3.63, 3.8) is 0 Å². The molecular formula is C13H14O6. The average molecular weight is 266 g/mol. The minimum atomic E-state index is -0.644. The summed E-state index contributed by atoms with van der Waals surface area (Å²) in [6, 6.07) is 4.95. The number of hydrogen-bond donors (Lipinski definition) is 0. The highest BCUT2D eigenvalue weighted by atomic mass is 16.7. The first-order chi connectivity index (χ1) is 9.33. The fourth-order valence-electron chi connectivity index (χ4n) is 1.89. The van der Waals surface area contributed by atoms with Gasteiger partial charge in [-0.25, -0.2) is 4.79 Å². The van der Waals surface area contributed by atoms with Crippen LogP contribution in [0.5, 0.6) is 11.5 Å². The number of benzene rings is 1. The third kappa shape index (κ3) is 2.80. The van der Waals surface area contributed by atoms with Crippen molar-refractivity contribution in [2.24, 2.45) is 0 Å². The molecule has 102 valence electrons. The van der Waals surface area contributed by atoms with E-state index in [-0.39, 0.29) is 6.61 Å². The fraction of sp³-hybridized carbons (Fsp3) is 0.462. The minimum Gasteiger partial charge on any atom is -0.486 e. The van der Waals surface area contributed by atoms with Crippen molar-refractivity contribution in [3.8, 4) is 11.5 Å². The van der Waals surface area contributed by atoms with Gasteiger partial charge >= 0.3 is 5.97 Å². The summed E-state index contributed by atoms with van der Waals surface area (Å²) in [7, 11) is 0. The Balaban J connectivity index is 1.69. The van der Waals surface area contributed by atoms with Crippen LogP contribution in [0, 0.1) is 0 Å². The second-order valence-corrected chi connectivity index (χ2v) is 4.14. The monoisotopic (exact) mass is 266 g/mol. The zero-order valence-electron chi connectivity index (χ0n) is 10.3. The lowest BCUT2D eigenvalue weighted by Crippen LogP contribution is -2.32. The van der Waals surface area contributed by atoms with E-state index in [0.717, 1.165) is 0 Å². The Morgan fingerprint density at radius 2 is 1.95 bits per heavy atom. The van der Waals surface area contributed by atoms with Gasteiger partial charge in [0.2, 0.25) is 6.29 Å². The molecule has 0 saturated carbocycles. The highest BCUT2D eigenvalue weighted by molar-refractivity contribution is 5.90. The first-order valence-corrected chi connectivity index (χ1v) is 6.13. The van der Waals surface area contributed by atoms with E-state index >= 15 is 0 Å². The summed E-state index contributed by atoms with van der Waals surface area (Å²) in [5.74, 6) is 0.731. The van der Waals surface area contributed by atoms with Crippen molar-refractivity contribution >= 4 is 5.97 Å². The maximum Gasteiger partial charge on any atom is 0.340 e. The molecule has 0 spiro atoms. The Hall–Kier alpha value is -1.79. The SMILES string of the molecule is O=C(OC1COCCO1)c1ccc2c(c1)OCCO2. The molecule has 2 aliphatic rings. The van der Waals surface area contributed by atoms with E-state index < -0.39 is 12.3 Å². The molecule has 0 bridgehead atoms. The molecule has 2 aliphatic heterocycles. The summed E-state index contributed by atoms with van der Waals surface area (Å²) >= 11 is 0. The summed E-state index contributed by atoms with van der Waals surface area (Å²) in [6.45, 7) is 2.21. The van der Waals surface area contributed by atoms with E-state index in [4.69, 9.17) is 23.7 Å². The van der Waals surface area contributed by atoms with Gasteiger partial charge in [-0.1, -0.05) is 0 Å². The topological polar surface area (TPSA) is 63.2 Å². The van der Waals surface area contributed by atoms with Gasteiger partial charge in [0.15, 0.2) is 11.5 Å². The maximum atomic E-state index is 11.9. The van der Waals surface area contributed by atoms with Crippen molar-refractivity contribution in [1.29, 1.82) is 0 Å². The summed E-state index contributed by atoms with van der Waals surface area (Å²) < 4.78 is 26.4. The second-order valence-electron chi connectivity index (χ2n) is 4.14. The molecule has 1 atom stereocenters. The van der Waals surface area contributed by atoms with Gasteiger partial charge in [0.1, 0.15) is 19.8 Å². The molecule has 0 aromatic heterocycles. The molecule has 1 aromatic rings. The van der Waals surface area contributed by atoms with Gasteiger partial charge in [-0.15, -0.1) is 0 Å². The van der Waals surface area contributed by atoms with E-state index in [1.807, 2.05) is 0 Å². The van der Waals surface area contributed by atoms with Crippen LogP contribution < -0.4 is 9.47 Å². The van der Waals surface area contributed by atoms with Gasteiger partial charge in [0, 0.05) is 0 Å². The van der Waals surface area contributed by atoms with E-state index in [1.54, 1.807) is 18.2 Å². The van der Waals surface area contributed by atoms with Crippen LogP contribution in [-0.2, 0) is 14.2 Å². The predicted octanol–water partition coefficient (Wildman–Crippen LogP) is 0.988. The summed E-state index contributed by atoms with van der Waals surface area (Å²) in [6.07, 6.45) is -0.644. The molecular weight excluding hydrogens is 252 g/mol. The van der Waals surface area contributed by atoms with E-state index in [1.165, 1.54) is 0 Å². The number of rotatable bonds is 2. The smallest absolute Gasteiger partial charge is 0.340 e. The zero-order chi connectivity index (χ0) is 13.1. The first kappa shape index (κ1) is 12.3. The van der Waals surface area contributed by atoms with Gasteiger partial charge < -0.3 is 23.7 Å². The van der Waals surface area contributed by atoms with Crippen LogP contribution in [0.15, 0.2) is 18.2 Å². The van der Waals surface area contributed by atoms with Crippen molar-refractivity contribution in [1.82, 2.24) is 0 Å². The number of carbonyl (C=O) groups is 1. The second kappa shape index (κ2) is 5.46. The molecule has 1 aromatic carbocycles. The number of ether oxygens (including phenoxy) is 5. The zero-order valence-corrected chi connectivity index (χ0v) is 10.3. The van der Waals surface area contributed by atoms with E-state index in [0.29, 0.717) is 43.5 Å². The normalized spacial score (nSPS) is 21.8. The van der Waals surface area contributed by atoms with Crippen LogP contribution in [0.25, 0.3) is 0 Å². The van der Waals surface area contributed by atoms with Crippen LogP contribution in [0.1, 0.15) is 10.4 Å². The largest absolute Gasteiger partial charge is 0.486 e. The van der Waals surface area contributed by atoms with Crippen molar-refractivity contribution in [2.75, 3.05) is 33.0 Å². The van der Waals surface area contributed by atoms with Gasteiger partial charge in [0.05, 0.1) is 18.8 Å². The molecule has 6 nitrogen and oxygen atoms in total. The number of fused-ring (bicyclic) bond motifs is 1. The first-order valence-electron chi connectivity index (χ1n) is 6.13. The van der Waals surface area contributed by atoms with Crippen molar-refractivity contribution < 1.29 is 28.5 Å². The summed E-state index contributed by atoms with van der Waals surface area (Å²) in [4.78, 5) is 11.9. The number of hydrogen-bond acceptors (Lipinski definition) is 6. The molecule has 1 fully saturated rings. The molecule has 0 radical (unpaired) electrons. The molecule has 19 heavy (non-hydrogen) atoms. The van der Waals surface area contributed by atoms with Crippen molar-refractivity contribution in [3.05, 3.63) is 23.8 Å². The Morgan fingerprint density at radius 1 is 1.11 bits per heavy atom. The molecule has 1 unspecified atom stereocenters. The van der Waals surface area contributed by atoms with Crippen LogP contribution >= 0.6 is 0 Å². The quantitative estimate of drug-likeness (QED) is 0.744. The molecule has 6 heteroatoms. The Bertz CT molecular complexity index is 466. The average Bonchev–Trinajstić information content (AvgIpc) is 2.48. The lowest BCUT2D eigenvalue weighted by Gasteiger charge is -2.23. The van der Waals surface area contributed by atoms with Gasteiger partial charge in [-0.05, 0) is 18.2 Å². The third-order valence-electron chi connectivity index (χ3n) is 2.80. The van der Waals surface area contributed by atoms with Gasteiger partial charge in [-0.3, -0.25) is 0 Å². The van der Waals surface area contributed by atoms with Gasteiger partial charge in [-0.2, -0.15) is 0 Å². The highest BCUT2D eigenvalue weighted by Gasteiger charge is 2.21. The van der Waals surface area contributed by atoms with Crippen molar-refractivity contribution in [2.45, 2.75) is 6.29 Å². The Labute approximate surface area is 110 Å². The highest BCUT2D eigenvalue weighted by Crippen LogP contribution is 2.31. The minimum absolute atomic E-state index is 0.260. The van der Waals surface area contributed by atoms with Crippen LogP contribution in [0.2, 0.25) is 0 Å². The summed E-state index contributed by atoms with van der Waals surface area (Å²) in [5.41, 5.74) is 0.401. The Morgan fingerprint density at radius 3 is 2.74 bits per heavy atom. The summed E-state index contributed by atoms with van der Waals surface area (Å²) in [5, 5.41) is 0. The standard InChI is InChI=1S/C13H14O6/c14-13(19-12-8-15-3-4-18-12)9-1-2-10-11(7-9)17-6-5-16-10/h1-2,7,12H,3-6,8H2. The van der Waals surface area contributed by atoms with Crippen LogP contribution in [0.3, 0.4) is 0 Å². The number of esters is 1. The molecule has 3 rings (SSSR count). The molecule has 0 aliphatic carbocycles. The molecule has 0 N–H and O–H groups in total. The van der Waals surface area contributed by atoms with E-state index in [2.05, 4.69) is 0 Å². The van der Waals surface area contributed by atoms with E-state index in [9.17, 15) is 4.79 Å². The van der Waals surface area contributed by atoms with Gasteiger partial charge in [0.25, 0.3) is 0 Å². The molecule has 2 heterocycles. The maximum absolute atomic E-state index is 11.9. The predicted molar refractivity (Wildman–Crippen MR) is 63.4 cm³/mol. The third-order valence-corrected chi connectivity index (χ3v) is 2.80. The van der Waals surface area contributed by atoms with Crippen LogP contribution in [0.4, 0.5) is 0 Å². The number of carbonyl (C=O) groups excluding carboxylic acids is 1. The molecule has 1 saturated heterocycles. The fourth-order valence-corrected chi connectivity index (χ4v) is 1.89. The lowest BCUT2D eigenvalue weighted by atomic mass is 10.2.